The summed E-state index contributed by atoms with van der Waals surface area (Å²) in [6.45, 7) is 2.05. The molecule has 4 heteroatoms. The van der Waals surface area contributed by atoms with Crippen LogP contribution in [0.5, 0.6) is 5.75 Å². The summed E-state index contributed by atoms with van der Waals surface area (Å²) in [5, 5.41) is 1.19. The lowest BCUT2D eigenvalue weighted by Gasteiger charge is -2.19. The van der Waals surface area contributed by atoms with Crippen molar-refractivity contribution in [3.05, 3.63) is 23.8 Å². The van der Waals surface area contributed by atoms with Crippen LogP contribution in [0.2, 0.25) is 0 Å². The van der Waals surface area contributed by atoms with E-state index in [9.17, 15) is 0 Å². The third kappa shape index (κ3) is 2.60. The van der Waals surface area contributed by atoms with Crippen molar-refractivity contribution >= 4 is 24.0 Å². The molecule has 1 atom stereocenters. The fourth-order valence-electron chi connectivity index (χ4n) is 1.18. The molecule has 0 aliphatic rings. The van der Waals surface area contributed by atoms with Crippen molar-refractivity contribution in [3.8, 4) is 5.75 Å². The standard InChI is InChI=1S/C10H15ClNOP/c1-8-7-9(13-4)5-6-10(8)14(11)12(2)3/h5-7H,1-4H3. The Morgan fingerprint density at radius 1 is 1.36 bits per heavy atom. The quantitative estimate of drug-likeness (QED) is 0.742. The van der Waals surface area contributed by atoms with Gasteiger partial charge in [-0.15, -0.1) is 0 Å². The maximum absolute atomic E-state index is 6.29. The number of halogens is 1. The zero-order valence-corrected chi connectivity index (χ0v) is 10.6. The van der Waals surface area contributed by atoms with Gasteiger partial charge in [0.1, 0.15) is 5.75 Å². The van der Waals surface area contributed by atoms with Gasteiger partial charge in [-0.2, -0.15) is 0 Å². The molecule has 0 aliphatic carbocycles. The minimum Gasteiger partial charge on any atom is -0.497 e. The van der Waals surface area contributed by atoms with Gasteiger partial charge in [0, 0.05) is 5.30 Å². The molecule has 1 unspecified atom stereocenters. The van der Waals surface area contributed by atoms with E-state index in [1.165, 1.54) is 10.9 Å². The third-order valence-corrected chi connectivity index (χ3v) is 5.01. The zero-order valence-electron chi connectivity index (χ0n) is 8.91. The second-order valence-corrected chi connectivity index (χ2v) is 6.02. The SMILES string of the molecule is COc1ccc(P(Cl)N(C)C)c(C)c1. The maximum atomic E-state index is 6.29. The largest absolute Gasteiger partial charge is 0.497 e. The molecule has 0 aromatic heterocycles. The molecule has 0 aliphatic heterocycles. The molecule has 1 aromatic rings. The summed E-state index contributed by atoms with van der Waals surface area (Å²) in [6.07, 6.45) is 0. The Morgan fingerprint density at radius 3 is 2.43 bits per heavy atom. The van der Waals surface area contributed by atoms with E-state index in [1.807, 2.05) is 37.0 Å². The van der Waals surface area contributed by atoms with Crippen LogP contribution < -0.4 is 10.0 Å². The van der Waals surface area contributed by atoms with Gasteiger partial charge in [-0.05, 0) is 44.8 Å². The molecule has 0 saturated heterocycles. The van der Waals surface area contributed by atoms with Crippen LogP contribution in [-0.2, 0) is 0 Å². The van der Waals surface area contributed by atoms with Crippen molar-refractivity contribution in [2.24, 2.45) is 0 Å². The summed E-state index contributed by atoms with van der Waals surface area (Å²) in [4.78, 5) is 0. The predicted molar refractivity (Wildman–Crippen MR) is 63.8 cm³/mol. The Kier molecular flexibility index (Phi) is 4.18. The molecule has 0 radical (unpaired) electrons. The predicted octanol–water partition coefficient (Wildman–Crippen LogP) is 2.74. The first-order valence-electron chi connectivity index (χ1n) is 4.34. The summed E-state index contributed by atoms with van der Waals surface area (Å²) in [5.41, 5.74) is 1.18. The van der Waals surface area contributed by atoms with Crippen molar-refractivity contribution in [3.63, 3.8) is 0 Å². The molecule has 0 heterocycles. The van der Waals surface area contributed by atoms with E-state index in [4.69, 9.17) is 16.0 Å². The zero-order chi connectivity index (χ0) is 10.7. The Morgan fingerprint density at radius 2 is 2.00 bits per heavy atom. The van der Waals surface area contributed by atoms with Gasteiger partial charge in [-0.1, -0.05) is 11.2 Å². The van der Waals surface area contributed by atoms with Crippen molar-refractivity contribution in [1.29, 1.82) is 0 Å². The lowest BCUT2D eigenvalue weighted by atomic mass is 10.2. The van der Waals surface area contributed by atoms with E-state index in [-0.39, 0.29) is 0 Å². The molecule has 0 N–H and O–H groups in total. The van der Waals surface area contributed by atoms with Crippen LogP contribution in [0, 0.1) is 6.92 Å². The van der Waals surface area contributed by atoms with Gasteiger partial charge in [-0.3, -0.25) is 4.67 Å². The highest BCUT2D eigenvalue weighted by Crippen LogP contribution is 2.43. The minimum absolute atomic E-state index is 0.723. The van der Waals surface area contributed by atoms with E-state index in [1.54, 1.807) is 7.11 Å². The molecular formula is C10H15ClNOP. The molecule has 0 fully saturated rings. The van der Waals surface area contributed by atoms with Crippen LogP contribution in [0.25, 0.3) is 0 Å². The van der Waals surface area contributed by atoms with E-state index >= 15 is 0 Å². The maximum Gasteiger partial charge on any atom is 0.119 e. The van der Waals surface area contributed by atoms with E-state index in [2.05, 4.69) is 6.92 Å². The first-order valence-corrected chi connectivity index (χ1v) is 6.54. The molecule has 0 spiro atoms. The molecule has 2 nitrogen and oxygen atoms in total. The number of methoxy groups -OCH3 is 1. The summed E-state index contributed by atoms with van der Waals surface area (Å²) in [7, 11) is 4.92. The van der Waals surface area contributed by atoms with E-state index < -0.39 is 7.43 Å². The van der Waals surface area contributed by atoms with Crippen LogP contribution in [-0.4, -0.2) is 25.9 Å². The number of hydrogen-bond donors (Lipinski definition) is 0. The molecule has 0 saturated carbocycles. The number of rotatable bonds is 3. The van der Waals surface area contributed by atoms with Gasteiger partial charge in [0.25, 0.3) is 0 Å². The highest BCUT2D eigenvalue weighted by atomic mass is 35.7. The fraction of sp³-hybridized carbons (Fsp3) is 0.400. The smallest absolute Gasteiger partial charge is 0.119 e. The summed E-state index contributed by atoms with van der Waals surface area (Å²) >= 11 is 6.29. The Hall–Kier alpha value is -0.300. The van der Waals surface area contributed by atoms with Gasteiger partial charge in [0.05, 0.1) is 14.5 Å². The summed E-state index contributed by atoms with van der Waals surface area (Å²) in [5.74, 6) is 0.880. The molecular weight excluding hydrogens is 217 g/mol. The normalized spacial score (nSPS) is 13.0. The van der Waals surface area contributed by atoms with Crippen LogP contribution in [0.15, 0.2) is 18.2 Å². The second kappa shape index (κ2) is 4.97. The minimum atomic E-state index is -0.723. The topological polar surface area (TPSA) is 12.5 Å². The highest BCUT2D eigenvalue weighted by Gasteiger charge is 2.13. The van der Waals surface area contributed by atoms with Crippen molar-refractivity contribution < 1.29 is 4.74 Å². The molecule has 1 aromatic carbocycles. The number of nitrogens with zero attached hydrogens (tertiary/aromatic N) is 1. The van der Waals surface area contributed by atoms with Gasteiger partial charge < -0.3 is 4.74 Å². The van der Waals surface area contributed by atoms with Gasteiger partial charge in [0.2, 0.25) is 0 Å². The summed E-state index contributed by atoms with van der Waals surface area (Å²) in [6, 6.07) is 5.99. The lowest BCUT2D eigenvalue weighted by Crippen LogP contribution is -2.13. The van der Waals surface area contributed by atoms with E-state index in [0.717, 1.165) is 5.75 Å². The number of ether oxygens (including phenoxy) is 1. The number of aryl methyl sites for hydroxylation is 1. The van der Waals surface area contributed by atoms with Gasteiger partial charge in [0.15, 0.2) is 0 Å². The first kappa shape index (κ1) is 11.8. The number of benzene rings is 1. The molecule has 0 amide bonds. The second-order valence-electron chi connectivity index (χ2n) is 3.26. The molecule has 14 heavy (non-hydrogen) atoms. The molecule has 0 bridgehead atoms. The first-order chi connectivity index (χ1) is 6.56. The van der Waals surface area contributed by atoms with Gasteiger partial charge >= 0.3 is 0 Å². The lowest BCUT2D eigenvalue weighted by molar-refractivity contribution is 0.414. The third-order valence-electron chi connectivity index (χ3n) is 1.95. The van der Waals surface area contributed by atoms with Crippen LogP contribution in [0.4, 0.5) is 0 Å². The Bertz CT molecular complexity index is 317. The number of hydrogen-bond acceptors (Lipinski definition) is 2. The highest BCUT2D eigenvalue weighted by molar-refractivity contribution is 7.88. The van der Waals surface area contributed by atoms with Crippen molar-refractivity contribution in [1.82, 2.24) is 4.67 Å². The van der Waals surface area contributed by atoms with Crippen LogP contribution in [0.3, 0.4) is 0 Å². The van der Waals surface area contributed by atoms with Crippen LogP contribution in [0.1, 0.15) is 5.56 Å². The average molecular weight is 232 g/mol. The van der Waals surface area contributed by atoms with Crippen LogP contribution >= 0.6 is 18.7 Å². The Balaban J connectivity index is 2.99. The Labute approximate surface area is 91.4 Å². The van der Waals surface area contributed by atoms with Crippen molar-refractivity contribution in [2.75, 3.05) is 21.2 Å². The monoisotopic (exact) mass is 231 g/mol. The molecule has 1 rings (SSSR count). The van der Waals surface area contributed by atoms with E-state index in [0.29, 0.717) is 0 Å². The van der Waals surface area contributed by atoms with Gasteiger partial charge in [-0.25, -0.2) is 0 Å². The average Bonchev–Trinajstić information content (AvgIpc) is 2.16. The van der Waals surface area contributed by atoms with Crippen molar-refractivity contribution in [2.45, 2.75) is 6.92 Å². The molecule has 78 valence electrons. The summed E-state index contributed by atoms with van der Waals surface area (Å²) < 4.78 is 7.17. The fourth-order valence-corrected chi connectivity index (χ4v) is 2.73.